The molecule has 0 spiro atoms. The zero-order valence-corrected chi connectivity index (χ0v) is 12.6. The third-order valence-electron chi connectivity index (χ3n) is 2.96. The maximum atomic E-state index is 12.4. The summed E-state index contributed by atoms with van der Waals surface area (Å²) in [5.74, 6) is -0.409. The Morgan fingerprint density at radius 1 is 1.45 bits per heavy atom. The minimum Gasteiger partial charge on any atom is -0.309 e. The summed E-state index contributed by atoms with van der Waals surface area (Å²) in [5.41, 5.74) is -4.01. The molecule has 1 heterocycles. The molecule has 0 radical (unpaired) electrons. The second-order valence-electron chi connectivity index (χ2n) is 4.50. The van der Waals surface area contributed by atoms with Crippen molar-refractivity contribution in [1.82, 2.24) is 0 Å². The first-order valence-corrected chi connectivity index (χ1v) is 7.25. The molecule has 2 unspecified atom stereocenters. The van der Waals surface area contributed by atoms with Crippen molar-refractivity contribution in [2.24, 2.45) is 0 Å². The van der Waals surface area contributed by atoms with E-state index < -0.39 is 21.7 Å². The lowest BCUT2D eigenvalue weighted by Gasteiger charge is -2.19. The highest BCUT2D eigenvalue weighted by Crippen LogP contribution is 2.40. The molecule has 20 heavy (non-hydrogen) atoms. The number of carbonyl (C=O) groups excluding carboxylic acids is 1. The van der Waals surface area contributed by atoms with Crippen LogP contribution in [0.4, 0.5) is 18.9 Å². The van der Waals surface area contributed by atoms with Crippen LogP contribution in [0.1, 0.15) is 6.92 Å². The molecule has 1 aromatic carbocycles. The number of hydrogen-bond donors (Lipinski definition) is 0. The third kappa shape index (κ3) is 3.18. The van der Waals surface area contributed by atoms with Gasteiger partial charge in [-0.2, -0.15) is 13.2 Å². The van der Waals surface area contributed by atoms with Crippen molar-refractivity contribution in [3.05, 3.63) is 24.3 Å². The first-order valence-electron chi connectivity index (χ1n) is 5.62. The summed E-state index contributed by atoms with van der Waals surface area (Å²) in [5, 5.41) is -0.601. The molecule has 8 heteroatoms. The van der Waals surface area contributed by atoms with Gasteiger partial charge >= 0.3 is 5.51 Å². The Morgan fingerprint density at radius 2 is 2.10 bits per heavy atom. The lowest BCUT2D eigenvalue weighted by Crippen LogP contribution is -2.35. The molecule has 0 saturated carbocycles. The molecule has 0 aliphatic carbocycles. The van der Waals surface area contributed by atoms with Gasteiger partial charge in [0.1, 0.15) is 4.87 Å². The predicted molar refractivity (Wildman–Crippen MR) is 74.6 cm³/mol. The number of alkyl halides is 5. The smallest absolute Gasteiger partial charge is 0.309 e. The topological polar surface area (TPSA) is 20.3 Å². The van der Waals surface area contributed by atoms with Crippen LogP contribution in [0.15, 0.2) is 29.2 Å². The molecule has 2 rings (SSSR count). The number of benzene rings is 1. The second kappa shape index (κ2) is 5.31. The average Bonchev–Trinajstić information content (AvgIpc) is 2.51. The van der Waals surface area contributed by atoms with E-state index in [9.17, 15) is 18.0 Å². The zero-order valence-electron chi connectivity index (χ0n) is 10.2. The lowest BCUT2D eigenvalue weighted by molar-refractivity contribution is -0.118. The van der Waals surface area contributed by atoms with Crippen LogP contribution in [0, 0.1) is 0 Å². The van der Waals surface area contributed by atoms with E-state index in [1.54, 1.807) is 6.07 Å². The number of nitrogens with zero attached hydrogens (tertiary/aromatic N) is 1. The Labute approximate surface area is 128 Å². The van der Waals surface area contributed by atoms with Crippen LogP contribution in [-0.4, -0.2) is 28.2 Å². The molecule has 1 aromatic rings. The first kappa shape index (κ1) is 15.8. The van der Waals surface area contributed by atoms with E-state index in [-0.39, 0.29) is 23.2 Å². The van der Waals surface area contributed by atoms with Crippen molar-refractivity contribution in [1.29, 1.82) is 0 Å². The van der Waals surface area contributed by atoms with E-state index in [1.165, 1.54) is 30.0 Å². The van der Waals surface area contributed by atoms with Crippen LogP contribution in [0.3, 0.4) is 0 Å². The average molecular weight is 344 g/mol. The maximum Gasteiger partial charge on any atom is 0.446 e. The summed E-state index contributed by atoms with van der Waals surface area (Å²) < 4.78 is 37.1. The van der Waals surface area contributed by atoms with Gasteiger partial charge in [0.2, 0.25) is 5.91 Å². The molecule has 1 saturated heterocycles. The Kier molecular flexibility index (Phi) is 4.19. The number of amides is 1. The van der Waals surface area contributed by atoms with Crippen LogP contribution in [0.25, 0.3) is 0 Å². The van der Waals surface area contributed by atoms with Gasteiger partial charge in [0.05, 0.1) is 5.38 Å². The Bertz CT molecular complexity index is 536. The second-order valence-corrected chi connectivity index (χ2v) is 6.95. The van der Waals surface area contributed by atoms with Gasteiger partial charge in [-0.05, 0) is 36.9 Å². The quantitative estimate of drug-likeness (QED) is 0.591. The zero-order chi connectivity index (χ0) is 15.1. The van der Waals surface area contributed by atoms with E-state index >= 15 is 0 Å². The van der Waals surface area contributed by atoms with Gasteiger partial charge in [0.15, 0.2) is 0 Å². The minimum absolute atomic E-state index is 0.0112. The summed E-state index contributed by atoms with van der Waals surface area (Å²) in [6, 6.07) is 5.66. The highest BCUT2D eigenvalue weighted by Gasteiger charge is 2.49. The van der Waals surface area contributed by atoms with Gasteiger partial charge in [-0.25, -0.2) is 0 Å². The highest BCUT2D eigenvalue weighted by atomic mass is 35.5. The van der Waals surface area contributed by atoms with Crippen molar-refractivity contribution in [2.75, 3.05) is 11.4 Å². The van der Waals surface area contributed by atoms with Gasteiger partial charge < -0.3 is 4.90 Å². The third-order valence-corrected chi connectivity index (χ3v) is 4.79. The number of anilines is 1. The van der Waals surface area contributed by atoms with Gasteiger partial charge in [-0.3, -0.25) is 4.79 Å². The molecule has 0 N–H and O–H groups in total. The van der Waals surface area contributed by atoms with Crippen LogP contribution >= 0.6 is 35.0 Å². The van der Waals surface area contributed by atoms with E-state index in [2.05, 4.69) is 0 Å². The highest BCUT2D eigenvalue weighted by molar-refractivity contribution is 8.00. The van der Waals surface area contributed by atoms with Gasteiger partial charge in [0, 0.05) is 17.1 Å². The van der Waals surface area contributed by atoms with Crippen molar-refractivity contribution >= 4 is 46.6 Å². The molecule has 1 aliphatic rings. The number of hydrogen-bond acceptors (Lipinski definition) is 2. The predicted octanol–water partition coefficient (Wildman–Crippen LogP) is 4.25. The monoisotopic (exact) mass is 343 g/mol. The lowest BCUT2D eigenvalue weighted by atomic mass is 10.1. The van der Waals surface area contributed by atoms with E-state index in [0.29, 0.717) is 5.69 Å². The molecule has 1 fully saturated rings. The normalized spacial score (nSPS) is 27.2. The summed E-state index contributed by atoms with van der Waals surface area (Å²) in [7, 11) is 0. The fourth-order valence-electron chi connectivity index (χ4n) is 1.88. The first-order chi connectivity index (χ1) is 9.11. The standard InChI is InChI=1S/C12H10Cl2F3NOS/c1-11(14)9(13)6-18(10(11)19)7-3-2-4-8(5-7)20-12(15,16)17/h2-5,9H,6H2,1H3. The largest absolute Gasteiger partial charge is 0.446 e. The molecular formula is C12H10Cl2F3NOS. The Balaban J connectivity index is 2.27. The summed E-state index contributed by atoms with van der Waals surface area (Å²) in [4.78, 5) is 12.2. The minimum atomic E-state index is -4.37. The molecule has 1 amide bonds. The van der Waals surface area contributed by atoms with Crippen LogP contribution in [0.5, 0.6) is 0 Å². The molecular weight excluding hydrogens is 334 g/mol. The Morgan fingerprint density at radius 3 is 2.60 bits per heavy atom. The van der Waals surface area contributed by atoms with Crippen molar-refractivity contribution < 1.29 is 18.0 Å². The van der Waals surface area contributed by atoms with E-state index in [0.717, 1.165) is 0 Å². The van der Waals surface area contributed by atoms with E-state index in [1.807, 2.05) is 0 Å². The van der Waals surface area contributed by atoms with E-state index in [4.69, 9.17) is 23.2 Å². The van der Waals surface area contributed by atoms with Crippen LogP contribution in [0.2, 0.25) is 0 Å². The van der Waals surface area contributed by atoms with Crippen LogP contribution in [-0.2, 0) is 4.79 Å². The molecule has 2 atom stereocenters. The molecule has 110 valence electrons. The fourth-order valence-corrected chi connectivity index (χ4v) is 2.88. The SMILES string of the molecule is CC1(Cl)C(=O)N(c2cccc(SC(F)(F)F)c2)CC1Cl. The Hall–Kier alpha value is -0.590. The van der Waals surface area contributed by atoms with Crippen molar-refractivity contribution in [2.45, 2.75) is 27.6 Å². The molecule has 0 aromatic heterocycles. The fraction of sp³-hybridized carbons (Fsp3) is 0.417. The number of rotatable bonds is 2. The maximum absolute atomic E-state index is 12.4. The summed E-state index contributed by atoms with van der Waals surface area (Å²) in [6.45, 7) is 1.67. The molecule has 2 nitrogen and oxygen atoms in total. The van der Waals surface area contributed by atoms with Crippen LogP contribution < -0.4 is 4.90 Å². The molecule has 1 aliphatic heterocycles. The summed E-state index contributed by atoms with van der Waals surface area (Å²) in [6.07, 6.45) is 0. The number of thioether (sulfide) groups is 1. The number of halogens is 5. The van der Waals surface area contributed by atoms with Crippen molar-refractivity contribution in [3.8, 4) is 0 Å². The van der Waals surface area contributed by atoms with Gasteiger partial charge in [0.25, 0.3) is 0 Å². The molecule has 0 bridgehead atoms. The number of carbonyl (C=O) groups is 1. The summed E-state index contributed by atoms with van der Waals surface area (Å²) >= 11 is 11.8. The van der Waals surface area contributed by atoms with Gasteiger partial charge in [-0.1, -0.05) is 6.07 Å². The van der Waals surface area contributed by atoms with Gasteiger partial charge in [-0.15, -0.1) is 23.2 Å². The van der Waals surface area contributed by atoms with Crippen molar-refractivity contribution in [3.63, 3.8) is 0 Å².